The smallest absolute Gasteiger partial charge is 0.169 e. The van der Waals surface area contributed by atoms with Crippen molar-refractivity contribution in [2.45, 2.75) is 45.7 Å². The number of rotatable bonds is 6. The third-order valence-corrected chi connectivity index (χ3v) is 3.53. The van der Waals surface area contributed by atoms with Crippen LogP contribution in [-0.4, -0.2) is 12.6 Å². The van der Waals surface area contributed by atoms with Gasteiger partial charge in [-0.05, 0) is 25.8 Å². The molecule has 0 heterocycles. The standard InChI is InChI=1S/C14H22FNO/c1-5-14(3,6-2)16-10-11-8-7-9-12(17-4)13(11)15/h7-9,16H,5-6,10H2,1-4H3. The number of nitrogens with one attached hydrogen (secondary N) is 1. The number of ether oxygens (including phenoxy) is 1. The quantitative estimate of drug-likeness (QED) is 0.820. The fourth-order valence-electron chi connectivity index (χ4n) is 1.66. The molecule has 0 spiro atoms. The van der Waals surface area contributed by atoms with Crippen LogP contribution in [0.5, 0.6) is 5.75 Å². The molecule has 0 aromatic heterocycles. The molecular formula is C14H22FNO. The summed E-state index contributed by atoms with van der Waals surface area (Å²) in [5.74, 6) is 0.0380. The van der Waals surface area contributed by atoms with E-state index in [-0.39, 0.29) is 11.4 Å². The summed E-state index contributed by atoms with van der Waals surface area (Å²) in [5, 5.41) is 3.41. The Morgan fingerprint density at radius 3 is 2.47 bits per heavy atom. The summed E-state index contributed by atoms with van der Waals surface area (Å²) in [6.07, 6.45) is 2.05. The van der Waals surface area contributed by atoms with Gasteiger partial charge in [-0.1, -0.05) is 26.0 Å². The lowest BCUT2D eigenvalue weighted by Crippen LogP contribution is -2.40. The zero-order chi connectivity index (χ0) is 12.9. The predicted molar refractivity (Wildman–Crippen MR) is 68.8 cm³/mol. The van der Waals surface area contributed by atoms with E-state index in [1.807, 2.05) is 6.07 Å². The maximum Gasteiger partial charge on any atom is 0.169 e. The minimum absolute atomic E-state index is 0.0650. The third-order valence-electron chi connectivity index (χ3n) is 3.53. The Bertz CT molecular complexity index is 361. The number of benzene rings is 1. The summed E-state index contributed by atoms with van der Waals surface area (Å²) in [5.41, 5.74) is 0.715. The van der Waals surface area contributed by atoms with Crippen molar-refractivity contribution in [1.29, 1.82) is 0 Å². The van der Waals surface area contributed by atoms with Crippen molar-refractivity contribution in [3.05, 3.63) is 29.6 Å². The molecule has 0 aliphatic carbocycles. The predicted octanol–water partition coefficient (Wildman–Crippen LogP) is 3.50. The summed E-state index contributed by atoms with van der Waals surface area (Å²) < 4.78 is 18.9. The second kappa shape index (κ2) is 6.01. The SMILES string of the molecule is CCC(C)(CC)NCc1cccc(OC)c1F. The first kappa shape index (κ1) is 14.0. The largest absolute Gasteiger partial charge is 0.494 e. The zero-order valence-electron chi connectivity index (χ0n) is 11.1. The van der Waals surface area contributed by atoms with Crippen LogP contribution >= 0.6 is 0 Å². The maximum atomic E-state index is 13.9. The number of methoxy groups -OCH3 is 1. The highest BCUT2D eigenvalue weighted by Gasteiger charge is 2.19. The summed E-state index contributed by atoms with van der Waals surface area (Å²) in [4.78, 5) is 0. The minimum Gasteiger partial charge on any atom is -0.494 e. The van der Waals surface area contributed by atoms with Crippen LogP contribution in [0.15, 0.2) is 18.2 Å². The third kappa shape index (κ3) is 3.43. The highest BCUT2D eigenvalue weighted by molar-refractivity contribution is 5.31. The fourth-order valence-corrected chi connectivity index (χ4v) is 1.66. The van der Waals surface area contributed by atoms with E-state index in [9.17, 15) is 4.39 Å². The lowest BCUT2D eigenvalue weighted by atomic mass is 9.95. The molecule has 0 fully saturated rings. The van der Waals surface area contributed by atoms with Gasteiger partial charge < -0.3 is 10.1 Å². The molecule has 0 saturated heterocycles. The van der Waals surface area contributed by atoms with Gasteiger partial charge in [-0.15, -0.1) is 0 Å². The van der Waals surface area contributed by atoms with Crippen LogP contribution in [0, 0.1) is 5.82 Å². The molecule has 0 amide bonds. The molecule has 0 aliphatic heterocycles. The molecule has 0 saturated carbocycles. The summed E-state index contributed by atoms with van der Waals surface area (Å²) in [7, 11) is 1.48. The maximum absolute atomic E-state index is 13.9. The van der Waals surface area contributed by atoms with Gasteiger partial charge in [0.2, 0.25) is 0 Å². The van der Waals surface area contributed by atoms with Crippen molar-refractivity contribution < 1.29 is 9.13 Å². The van der Waals surface area contributed by atoms with Crippen LogP contribution in [0.2, 0.25) is 0 Å². The normalized spacial score (nSPS) is 11.6. The van der Waals surface area contributed by atoms with Crippen LogP contribution in [-0.2, 0) is 6.54 Å². The van der Waals surface area contributed by atoms with Crippen LogP contribution in [0.25, 0.3) is 0 Å². The van der Waals surface area contributed by atoms with Crippen LogP contribution in [0.1, 0.15) is 39.2 Å². The molecule has 1 N–H and O–H groups in total. The molecule has 96 valence electrons. The van der Waals surface area contributed by atoms with Crippen molar-refractivity contribution in [1.82, 2.24) is 5.32 Å². The second-order valence-corrected chi connectivity index (χ2v) is 4.55. The summed E-state index contributed by atoms with van der Waals surface area (Å²) >= 11 is 0. The van der Waals surface area contributed by atoms with Crippen molar-refractivity contribution >= 4 is 0 Å². The van der Waals surface area contributed by atoms with E-state index in [4.69, 9.17) is 4.74 Å². The van der Waals surface area contributed by atoms with E-state index in [1.165, 1.54) is 7.11 Å². The Kier molecular flexibility index (Phi) is 4.94. The van der Waals surface area contributed by atoms with Crippen LogP contribution < -0.4 is 10.1 Å². The highest BCUT2D eigenvalue weighted by atomic mass is 19.1. The van der Waals surface area contributed by atoms with Gasteiger partial charge in [-0.25, -0.2) is 4.39 Å². The zero-order valence-corrected chi connectivity index (χ0v) is 11.1. The van der Waals surface area contributed by atoms with E-state index >= 15 is 0 Å². The molecule has 0 aliphatic rings. The van der Waals surface area contributed by atoms with E-state index in [0.29, 0.717) is 17.9 Å². The Morgan fingerprint density at radius 1 is 1.29 bits per heavy atom. The first-order valence-corrected chi connectivity index (χ1v) is 6.12. The van der Waals surface area contributed by atoms with Crippen molar-refractivity contribution in [2.75, 3.05) is 7.11 Å². The van der Waals surface area contributed by atoms with E-state index < -0.39 is 0 Å². The van der Waals surface area contributed by atoms with Gasteiger partial charge in [0, 0.05) is 17.6 Å². The van der Waals surface area contributed by atoms with Crippen molar-refractivity contribution in [3.8, 4) is 5.75 Å². The topological polar surface area (TPSA) is 21.3 Å². The average molecular weight is 239 g/mol. The number of hydrogen-bond acceptors (Lipinski definition) is 2. The summed E-state index contributed by atoms with van der Waals surface area (Å²) in [6.45, 7) is 6.96. The first-order valence-electron chi connectivity index (χ1n) is 6.12. The molecule has 0 radical (unpaired) electrons. The van der Waals surface area contributed by atoms with Crippen molar-refractivity contribution in [3.63, 3.8) is 0 Å². The second-order valence-electron chi connectivity index (χ2n) is 4.55. The molecule has 1 aromatic carbocycles. The molecule has 17 heavy (non-hydrogen) atoms. The lowest BCUT2D eigenvalue weighted by Gasteiger charge is -2.28. The van der Waals surface area contributed by atoms with Gasteiger partial charge in [0.1, 0.15) is 0 Å². The monoisotopic (exact) mass is 239 g/mol. The summed E-state index contributed by atoms with van der Waals surface area (Å²) in [6, 6.07) is 5.24. The van der Waals surface area contributed by atoms with Gasteiger partial charge in [0.25, 0.3) is 0 Å². The van der Waals surface area contributed by atoms with Crippen molar-refractivity contribution in [2.24, 2.45) is 0 Å². The Labute approximate surface area is 103 Å². The number of halogens is 1. The Hall–Kier alpha value is -1.09. The lowest BCUT2D eigenvalue weighted by molar-refractivity contribution is 0.324. The first-order chi connectivity index (χ1) is 8.06. The van der Waals surface area contributed by atoms with Gasteiger partial charge in [0.15, 0.2) is 11.6 Å². The minimum atomic E-state index is -0.267. The van der Waals surface area contributed by atoms with Gasteiger partial charge >= 0.3 is 0 Å². The average Bonchev–Trinajstić information content (AvgIpc) is 2.37. The highest BCUT2D eigenvalue weighted by Crippen LogP contribution is 2.21. The fraction of sp³-hybridized carbons (Fsp3) is 0.571. The molecular weight excluding hydrogens is 217 g/mol. The molecule has 0 unspecified atom stereocenters. The van der Waals surface area contributed by atoms with Crippen LogP contribution in [0.3, 0.4) is 0 Å². The van der Waals surface area contributed by atoms with Gasteiger partial charge in [-0.3, -0.25) is 0 Å². The molecule has 2 nitrogen and oxygen atoms in total. The van der Waals surface area contributed by atoms with E-state index in [1.54, 1.807) is 12.1 Å². The van der Waals surface area contributed by atoms with E-state index in [0.717, 1.165) is 12.8 Å². The molecule has 0 atom stereocenters. The molecule has 1 rings (SSSR count). The molecule has 3 heteroatoms. The van der Waals surface area contributed by atoms with Gasteiger partial charge in [0.05, 0.1) is 7.11 Å². The number of hydrogen-bond donors (Lipinski definition) is 1. The molecule has 1 aromatic rings. The van der Waals surface area contributed by atoms with Gasteiger partial charge in [-0.2, -0.15) is 0 Å². The Balaban J connectivity index is 2.76. The van der Waals surface area contributed by atoms with Crippen LogP contribution in [0.4, 0.5) is 4.39 Å². The molecule has 0 bridgehead atoms. The Morgan fingerprint density at radius 2 is 1.94 bits per heavy atom. The van der Waals surface area contributed by atoms with E-state index in [2.05, 4.69) is 26.1 Å².